The summed E-state index contributed by atoms with van der Waals surface area (Å²) in [6.45, 7) is 2.87. The van der Waals surface area contributed by atoms with Crippen LogP contribution in [-0.2, 0) is 9.59 Å². The maximum absolute atomic E-state index is 12.4. The minimum absolute atomic E-state index is 0.000753. The van der Waals surface area contributed by atoms with E-state index in [1.807, 2.05) is 54.6 Å². The van der Waals surface area contributed by atoms with E-state index >= 15 is 0 Å². The normalized spacial score (nSPS) is 18.3. The van der Waals surface area contributed by atoms with Crippen LogP contribution in [0.15, 0.2) is 54.6 Å². The minimum atomic E-state index is 0.000753. The molecule has 1 fully saturated rings. The fourth-order valence-corrected chi connectivity index (χ4v) is 3.61. The van der Waals surface area contributed by atoms with Crippen LogP contribution in [0.3, 0.4) is 0 Å². The second-order valence-electron chi connectivity index (χ2n) is 7.41. The lowest BCUT2D eigenvalue weighted by molar-refractivity contribution is -0.897. The Morgan fingerprint density at radius 1 is 1.00 bits per heavy atom. The number of likely N-dealkylation sites (tertiary alicyclic amines) is 1. The first-order valence-corrected chi connectivity index (χ1v) is 10.4. The van der Waals surface area contributed by atoms with Crippen molar-refractivity contribution in [2.75, 3.05) is 45.2 Å². The summed E-state index contributed by atoms with van der Waals surface area (Å²) in [5.74, 6) is 1.41. The molecule has 0 unspecified atom stereocenters. The fourth-order valence-electron chi connectivity index (χ4n) is 3.61. The number of amides is 2. The first kappa shape index (κ1) is 21.6. The van der Waals surface area contributed by atoms with Crippen molar-refractivity contribution < 1.29 is 24.0 Å². The van der Waals surface area contributed by atoms with Crippen LogP contribution < -0.4 is 25.0 Å². The van der Waals surface area contributed by atoms with Gasteiger partial charge in [0.05, 0.1) is 26.7 Å². The van der Waals surface area contributed by atoms with Crippen molar-refractivity contribution in [1.82, 2.24) is 5.32 Å². The summed E-state index contributed by atoms with van der Waals surface area (Å²) in [5, 5.41) is 5.87. The van der Waals surface area contributed by atoms with Gasteiger partial charge in [-0.15, -0.1) is 0 Å². The van der Waals surface area contributed by atoms with E-state index in [0.717, 1.165) is 31.6 Å². The Balaban J connectivity index is 1.31. The molecule has 1 saturated heterocycles. The van der Waals surface area contributed by atoms with E-state index in [-0.39, 0.29) is 17.7 Å². The van der Waals surface area contributed by atoms with Gasteiger partial charge in [0.1, 0.15) is 6.61 Å². The molecule has 0 aliphatic carbocycles. The summed E-state index contributed by atoms with van der Waals surface area (Å²) in [5.41, 5.74) is 0.826. The highest BCUT2D eigenvalue weighted by Gasteiger charge is 2.28. The number of hydrogen-bond donors (Lipinski definition) is 3. The summed E-state index contributed by atoms with van der Waals surface area (Å²) in [6, 6.07) is 16.9. The number of methoxy groups -OCH3 is 1. The molecular weight excluding hydrogens is 382 g/mol. The van der Waals surface area contributed by atoms with Crippen molar-refractivity contribution in [3.8, 4) is 11.5 Å². The van der Waals surface area contributed by atoms with Crippen LogP contribution in [0, 0.1) is 5.92 Å². The van der Waals surface area contributed by atoms with E-state index < -0.39 is 0 Å². The van der Waals surface area contributed by atoms with Gasteiger partial charge in [-0.2, -0.15) is 0 Å². The average molecular weight is 413 g/mol. The highest BCUT2D eigenvalue weighted by molar-refractivity contribution is 5.92. The molecule has 1 aliphatic heterocycles. The number of hydrogen-bond acceptors (Lipinski definition) is 4. The van der Waals surface area contributed by atoms with Crippen molar-refractivity contribution in [1.29, 1.82) is 0 Å². The standard InChI is InChI=1S/C23H29N3O4/c1-29-20-9-5-6-10-21(20)30-16-13-24-22(27)17-26-14-11-18(12-15-26)23(28)25-19-7-3-2-4-8-19/h2-10,18H,11-17H2,1H3,(H,24,27)(H,25,28)/p+1. The number of anilines is 1. The summed E-state index contributed by atoms with van der Waals surface area (Å²) in [7, 11) is 1.60. The molecule has 2 aromatic carbocycles. The lowest BCUT2D eigenvalue weighted by Gasteiger charge is -2.28. The molecule has 30 heavy (non-hydrogen) atoms. The Labute approximate surface area is 177 Å². The van der Waals surface area contributed by atoms with Crippen LogP contribution in [-0.4, -0.2) is 51.7 Å². The Morgan fingerprint density at radius 2 is 1.67 bits per heavy atom. The number of piperidine rings is 1. The molecule has 1 heterocycles. The average Bonchev–Trinajstić information content (AvgIpc) is 2.78. The smallest absolute Gasteiger partial charge is 0.275 e. The molecule has 0 spiro atoms. The molecule has 2 aromatic rings. The zero-order valence-electron chi connectivity index (χ0n) is 17.4. The van der Waals surface area contributed by atoms with Gasteiger partial charge in [0.15, 0.2) is 18.0 Å². The Hall–Kier alpha value is -3.06. The molecule has 3 N–H and O–H groups in total. The predicted octanol–water partition coefficient (Wildman–Crippen LogP) is 1.12. The van der Waals surface area contributed by atoms with E-state index in [1.54, 1.807) is 7.11 Å². The van der Waals surface area contributed by atoms with Gasteiger partial charge in [0, 0.05) is 24.4 Å². The first-order valence-electron chi connectivity index (χ1n) is 10.4. The van der Waals surface area contributed by atoms with Gasteiger partial charge in [0.25, 0.3) is 5.91 Å². The second-order valence-corrected chi connectivity index (χ2v) is 7.41. The van der Waals surface area contributed by atoms with Crippen LogP contribution >= 0.6 is 0 Å². The number of carbonyl (C=O) groups excluding carboxylic acids is 2. The maximum Gasteiger partial charge on any atom is 0.275 e. The van der Waals surface area contributed by atoms with Gasteiger partial charge < -0.3 is 25.0 Å². The predicted molar refractivity (Wildman–Crippen MR) is 115 cm³/mol. The van der Waals surface area contributed by atoms with E-state index in [2.05, 4.69) is 10.6 Å². The lowest BCUT2D eigenvalue weighted by atomic mass is 9.96. The summed E-state index contributed by atoms with van der Waals surface area (Å²) in [4.78, 5) is 25.8. The maximum atomic E-state index is 12.4. The minimum Gasteiger partial charge on any atom is -0.493 e. The van der Waals surface area contributed by atoms with E-state index in [9.17, 15) is 9.59 Å². The second kappa shape index (κ2) is 11.2. The molecule has 0 atom stereocenters. The van der Waals surface area contributed by atoms with Crippen molar-refractivity contribution in [3.05, 3.63) is 54.6 Å². The van der Waals surface area contributed by atoms with Gasteiger partial charge in [-0.25, -0.2) is 0 Å². The van der Waals surface area contributed by atoms with E-state index in [0.29, 0.717) is 31.2 Å². The summed E-state index contributed by atoms with van der Waals surface area (Å²) < 4.78 is 10.9. The third-order valence-corrected chi connectivity index (χ3v) is 5.27. The molecule has 160 valence electrons. The number of carbonyl (C=O) groups is 2. The van der Waals surface area contributed by atoms with Gasteiger partial charge in [-0.05, 0) is 24.3 Å². The quantitative estimate of drug-likeness (QED) is 0.540. The Morgan fingerprint density at radius 3 is 2.37 bits per heavy atom. The fraction of sp³-hybridized carbons (Fsp3) is 0.391. The largest absolute Gasteiger partial charge is 0.493 e. The number of ether oxygens (including phenoxy) is 2. The molecule has 0 aromatic heterocycles. The monoisotopic (exact) mass is 412 g/mol. The number of rotatable bonds is 9. The van der Waals surface area contributed by atoms with Gasteiger partial charge in [-0.3, -0.25) is 9.59 Å². The number of quaternary nitrogens is 1. The third kappa shape index (κ3) is 6.49. The molecule has 0 bridgehead atoms. The molecule has 7 heteroatoms. The van der Waals surface area contributed by atoms with Gasteiger partial charge in [-0.1, -0.05) is 30.3 Å². The Kier molecular flexibility index (Phi) is 8.09. The van der Waals surface area contributed by atoms with Crippen LogP contribution in [0.4, 0.5) is 5.69 Å². The molecule has 7 nitrogen and oxygen atoms in total. The number of para-hydroxylation sites is 3. The molecule has 0 radical (unpaired) electrons. The molecule has 2 amide bonds. The van der Waals surface area contributed by atoms with Crippen LogP contribution in [0.1, 0.15) is 12.8 Å². The third-order valence-electron chi connectivity index (χ3n) is 5.27. The molecule has 3 rings (SSSR count). The zero-order chi connectivity index (χ0) is 21.2. The van der Waals surface area contributed by atoms with Crippen LogP contribution in [0.5, 0.6) is 11.5 Å². The van der Waals surface area contributed by atoms with Crippen molar-refractivity contribution in [3.63, 3.8) is 0 Å². The van der Waals surface area contributed by atoms with Gasteiger partial charge >= 0.3 is 0 Å². The highest BCUT2D eigenvalue weighted by Crippen LogP contribution is 2.25. The number of nitrogens with one attached hydrogen (secondary N) is 3. The lowest BCUT2D eigenvalue weighted by Crippen LogP contribution is -3.14. The first-order chi connectivity index (χ1) is 14.7. The summed E-state index contributed by atoms with van der Waals surface area (Å²) >= 11 is 0. The van der Waals surface area contributed by atoms with E-state index in [1.165, 1.54) is 4.90 Å². The molecular formula is C23H30N3O4+. The van der Waals surface area contributed by atoms with Crippen LogP contribution in [0.25, 0.3) is 0 Å². The SMILES string of the molecule is COc1ccccc1OCCNC(=O)C[NH+]1CCC(C(=O)Nc2ccccc2)CC1. The topological polar surface area (TPSA) is 81.1 Å². The number of benzene rings is 2. The molecule has 0 saturated carbocycles. The zero-order valence-corrected chi connectivity index (χ0v) is 17.4. The summed E-state index contributed by atoms with van der Waals surface area (Å²) in [6.07, 6.45) is 1.58. The Bertz CT molecular complexity index is 820. The van der Waals surface area contributed by atoms with Crippen molar-refractivity contribution in [2.45, 2.75) is 12.8 Å². The van der Waals surface area contributed by atoms with Crippen molar-refractivity contribution >= 4 is 17.5 Å². The van der Waals surface area contributed by atoms with Crippen LogP contribution in [0.2, 0.25) is 0 Å². The van der Waals surface area contributed by atoms with Crippen molar-refractivity contribution in [2.24, 2.45) is 5.92 Å². The van der Waals surface area contributed by atoms with E-state index in [4.69, 9.17) is 9.47 Å². The highest BCUT2D eigenvalue weighted by atomic mass is 16.5. The molecule has 1 aliphatic rings. The van der Waals surface area contributed by atoms with Gasteiger partial charge in [0.2, 0.25) is 5.91 Å².